The van der Waals surface area contributed by atoms with Gasteiger partial charge in [-0.25, -0.2) is 8.42 Å². The van der Waals surface area contributed by atoms with Gasteiger partial charge in [0.25, 0.3) is 0 Å². The molecule has 2 heterocycles. The third kappa shape index (κ3) is 5.97. The Morgan fingerprint density at radius 1 is 0.938 bits per heavy atom. The van der Waals surface area contributed by atoms with Crippen molar-refractivity contribution in [2.45, 2.75) is 43.4 Å². The Bertz CT molecular complexity index is 996. The first-order valence-electron chi connectivity index (χ1n) is 11.7. The lowest BCUT2D eigenvalue weighted by atomic mass is 9.90. The van der Waals surface area contributed by atoms with Crippen LogP contribution in [0.2, 0.25) is 0 Å². The van der Waals surface area contributed by atoms with Gasteiger partial charge in [-0.05, 0) is 81.3 Å². The van der Waals surface area contributed by atoms with E-state index in [2.05, 4.69) is 40.5 Å². The average molecular weight is 456 g/mol. The summed E-state index contributed by atoms with van der Waals surface area (Å²) in [7, 11) is -3.48. The van der Waals surface area contributed by atoms with Crippen LogP contribution < -0.4 is 5.32 Å². The van der Waals surface area contributed by atoms with Crippen molar-refractivity contribution in [3.8, 4) is 0 Å². The van der Waals surface area contributed by atoms with E-state index >= 15 is 0 Å². The van der Waals surface area contributed by atoms with Gasteiger partial charge in [-0.3, -0.25) is 9.69 Å². The Morgan fingerprint density at radius 2 is 1.66 bits per heavy atom. The van der Waals surface area contributed by atoms with E-state index in [1.807, 2.05) is 0 Å². The first-order valence-corrected chi connectivity index (χ1v) is 13.1. The highest BCUT2D eigenvalue weighted by Crippen LogP contribution is 2.24. The molecule has 172 valence electrons. The number of sulfonamides is 1. The minimum atomic E-state index is -3.48. The molecule has 0 bridgehead atoms. The first kappa shape index (κ1) is 23.0. The molecule has 2 saturated heterocycles. The highest BCUT2D eigenvalue weighted by Gasteiger charge is 2.27. The Kier molecular flexibility index (Phi) is 7.60. The smallest absolute Gasteiger partial charge is 0.243 e. The summed E-state index contributed by atoms with van der Waals surface area (Å²) in [6.45, 7) is 3.33. The lowest BCUT2D eigenvalue weighted by molar-refractivity contribution is -0.117. The average Bonchev–Trinajstić information content (AvgIpc) is 3.35. The van der Waals surface area contributed by atoms with Crippen LogP contribution in [0.1, 0.15) is 37.7 Å². The van der Waals surface area contributed by atoms with Crippen LogP contribution in [-0.4, -0.2) is 56.3 Å². The number of benzene rings is 2. The third-order valence-electron chi connectivity index (χ3n) is 6.58. The Hall–Kier alpha value is -2.22. The van der Waals surface area contributed by atoms with Gasteiger partial charge in [0.05, 0.1) is 11.4 Å². The number of amides is 1. The molecule has 1 amide bonds. The van der Waals surface area contributed by atoms with Crippen molar-refractivity contribution in [3.63, 3.8) is 0 Å². The predicted octanol–water partition coefficient (Wildman–Crippen LogP) is 3.75. The van der Waals surface area contributed by atoms with Crippen LogP contribution in [-0.2, 0) is 21.2 Å². The zero-order valence-corrected chi connectivity index (χ0v) is 19.4. The molecule has 0 unspecified atom stereocenters. The van der Waals surface area contributed by atoms with Gasteiger partial charge < -0.3 is 5.32 Å². The largest absolute Gasteiger partial charge is 0.325 e. The number of carbonyl (C=O) groups excluding carboxylic acids is 1. The summed E-state index contributed by atoms with van der Waals surface area (Å²) in [5.74, 6) is 0.616. The molecule has 2 aromatic rings. The second-order valence-corrected chi connectivity index (χ2v) is 10.9. The molecule has 0 atom stereocenters. The molecule has 0 saturated carbocycles. The van der Waals surface area contributed by atoms with E-state index in [4.69, 9.17) is 0 Å². The maximum Gasteiger partial charge on any atom is 0.243 e. The van der Waals surface area contributed by atoms with Gasteiger partial charge in [0.2, 0.25) is 15.9 Å². The number of piperidine rings is 1. The van der Waals surface area contributed by atoms with Crippen LogP contribution >= 0.6 is 0 Å². The second-order valence-electron chi connectivity index (χ2n) is 8.93. The summed E-state index contributed by atoms with van der Waals surface area (Å²) in [6, 6.07) is 17.2. The number of likely N-dealkylation sites (tertiary alicyclic amines) is 1. The number of rotatable bonds is 8. The lowest BCUT2D eigenvalue weighted by Gasteiger charge is -2.31. The van der Waals surface area contributed by atoms with E-state index in [0.29, 0.717) is 31.2 Å². The maximum atomic E-state index is 12.8. The first-order chi connectivity index (χ1) is 15.5. The number of nitrogens with one attached hydrogen (secondary N) is 1. The third-order valence-corrected chi connectivity index (χ3v) is 8.47. The standard InChI is InChI=1S/C25H33N3O3S/c29-25(20-27-17-13-22(14-18-27)12-11-21-7-2-1-3-8-21)26-23-9-6-10-24(19-23)32(30,31)28-15-4-5-16-28/h1-3,6-10,19,22H,4-5,11-18,20H2,(H,26,29). The molecule has 32 heavy (non-hydrogen) atoms. The minimum absolute atomic E-state index is 0.0940. The van der Waals surface area contributed by atoms with Gasteiger partial charge in [-0.1, -0.05) is 36.4 Å². The molecule has 6 nitrogen and oxygen atoms in total. The molecule has 2 aliphatic rings. The zero-order chi connectivity index (χ0) is 22.4. The molecule has 1 N–H and O–H groups in total. The molecule has 0 aromatic heterocycles. The van der Waals surface area contributed by atoms with E-state index in [1.165, 1.54) is 16.3 Å². The molecule has 0 spiro atoms. The fourth-order valence-corrected chi connectivity index (χ4v) is 6.23. The number of nitrogens with zero attached hydrogens (tertiary/aromatic N) is 2. The van der Waals surface area contributed by atoms with Gasteiger partial charge in [0, 0.05) is 18.8 Å². The van der Waals surface area contributed by atoms with Crippen LogP contribution in [0.25, 0.3) is 0 Å². The Labute approximate surface area is 191 Å². The molecule has 2 aromatic carbocycles. The fraction of sp³-hybridized carbons (Fsp3) is 0.480. The van der Waals surface area contributed by atoms with Crippen molar-refractivity contribution < 1.29 is 13.2 Å². The Morgan fingerprint density at radius 3 is 2.38 bits per heavy atom. The SMILES string of the molecule is O=C(CN1CCC(CCc2ccccc2)CC1)Nc1cccc(S(=O)(=O)N2CCCC2)c1. The minimum Gasteiger partial charge on any atom is -0.325 e. The van der Waals surface area contributed by atoms with Gasteiger partial charge in [-0.15, -0.1) is 0 Å². The van der Waals surface area contributed by atoms with Crippen molar-refractivity contribution in [2.24, 2.45) is 5.92 Å². The quantitative estimate of drug-likeness (QED) is 0.658. The summed E-state index contributed by atoms with van der Waals surface area (Å²) in [5.41, 5.74) is 1.93. The number of aryl methyl sites for hydroxylation is 1. The topological polar surface area (TPSA) is 69.7 Å². The number of anilines is 1. The number of hydrogen-bond acceptors (Lipinski definition) is 4. The zero-order valence-electron chi connectivity index (χ0n) is 18.6. The summed E-state index contributed by atoms with van der Waals surface area (Å²) in [4.78, 5) is 15.0. The lowest BCUT2D eigenvalue weighted by Crippen LogP contribution is -2.39. The van der Waals surface area contributed by atoms with E-state index in [-0.39, 0.29) is 10.8 Å². The van der Waals surface area contributed by atoms with Crippen LogP contribution in [0.5, 0.6) is 0 Å². The van der Waals surface area contributed by atoms with Crippen molar-refractivity contribution >= 4 is 21.6 Å². The van der Waals surface area contributed by atoms with Gasteiger partial charge in [0.1, 0.15) is 0 Å². The predicted molar refractivity (Wildman–Crippen MR) is 127 cm³/mol. The normalized spacial score (nSPS) is 18.6. The summed E-state index contributed by atoms with van der Waals surface area (Å²) in [6.07, 6.45) is 6.34. The monoisotopic (exact) mass is 455 g/mol. The van der Waals surface area contributed by atoms with Gasteiger partial charge in [-0.2, -0.15) is 4.31 Å². The van der Waals surface area contributed by atoms with Crippen molar-refractivity contribution in [3.05, 3.63) is 60.2 Å². The van der Waals surface area contributed by atoms with Crippen LogP contribution in [0, 0.1) is 5.92 Å². The van der Waals surface area contributed by atoms with Gasteiger partial charge in [0.15, 0.2) is 0 Å². The summed E-state index contributed by atoms with van der Waals surface area (Å²) in [5, 5.41) is 2.89. The molecule has 0 aliphatic carbocycles. The highest BCUT2D eigenvalue weighted by molar-refractivity contribution is 7.89. The number of hydrogen-bond donors (Lipinski definition) is 1. The van der Waals surface area contributed by atoms with Crippen molar-refractivity contribution in [1.29, 1.82) is 0 Å². The van der Waals surface area contributed by atoms with Crippen LogP contribution in [0.4, 0.5) is 5.69 Å². The summed E-state index contributed by atoms with van der Waals surface area (Å²) < 4.78 is 27.1. The molecular formula is C25H33N3O3S. The fourth-order valence-electron chi connectivity index (χ4n) is 4.66. The van der Waals surface area contributed by atoms with Crippen molar-refractivity contribution in [2.75, 3.05) is 38.0 Å². The van der Waals surface area contributed by atoms with E-state index < -0.39 is 10.0 Å². The Balaban J connectivity index is 1.24. The van der Waals surface area contributed by atoms with E-state index in [1.54, 1.807) is 24.3 Å². The maximum absolute atomic E-state index is 12.8. The summed E-state index contributed by atoms with van der Waals surface area (Å²) >= 11 is 0. The molecule has 4 rings (SSSR count). The van der Waals surface area contributed by atoms with Crippen LogP contribution in [0.15, 0.2) is 59.5 Å². The highest BCUT2D eigenvalue weighted by atomic mass is 32.2. The molecular weight excluding hydrogens is 422 g/mol. The van der Waals surface area contributed by atoms with Crippen LogP contribution in [0.3, 0.4) is 0 Å². The van der Waals surface area contributed by atoms with E-state index in [9.17, 15) is 13.2 Å². The molecule has 7 heteroatoms. The number of carbonyl (C=O) groups is 1. The van der Waals surface area contributed by atoms with Gasteiger partial charge >= 0.3 is 0 Å². The molecule has 2 aliphatic heterocycles. The molecule has 0 radical (unpaired) electrons. The van der Waals surface area contributed by atoms with E-state index in [0.717, 1.165) is 45.2 Å². The van der Waals surface area contributed by atoms with Crippen molar-refractivity contribution in [1.82, 2.24) is 9.21 Å². The molecule has 2 fully saturated rings. The second kappa shape index (κ2) is 10.6.